The summed E-state index contributed by atoms with van der Waals surface area (Å²) in [6.45, 7) is 7.86. The number of amidine groups is 1. The molecule has 0 spiro atoms. The summed E-state index contributed by atoms with van der Waals surface area (Å²) in [5.41, 5.74) is 0.571. The maximum atomic E-state index is 13.4. The summed E-state index contributed by atoms with van der Waals surface area (Å²) in [6, 6.07) is 6.49. The molecular weight excluding hydrogens is 428 g/mol. The normalized spacial score (nSPS) is 23.8. The third-order valence-electron chi connectivity index (χ3n) is 6.97. The summed E-state index contributed by atoms with van der Waals surface area (Å²) in [5, 5.41) is 3.09. The molecule has 8 nitrogen and oxygen atoms in total. The Hall–Kier alpha value is -2.42. The van der Waals surface area contributed by atoms with Crippen LogP contribution in [0.4, 0.5) is 0 Å². The van der Waals surface area contributed by atoms with E-state index in [9.17, 15) is 18.0 Å². The average molecular weight is 461 g/mol. The third kappa shape index (κ3) is 4.27. The van der Waals surface area contributed by atoms with Crippen molar-refractivity contribution >= 4 is 27.7 Å². The number of fused-ring (bicyclic) bond motifs is 1. The zero-order valence-electron chi connectivity index (χ0n) is 19.0. The number of likely N-dealkylation sites (tertiary alicyclic amines) is 2. The molecular formula is C23H32N4O4S. The van der Waals surface area contributed by atoms with Gasteiger partial charge in [-0.2, -0.15) is 8.42 Å². The van der Waals surface area contributed by atoms with E-state index in [-0.39, 0.29) is 28.7 Å². The molecule has 1 aromatic carbocycles. The van der Waals surface area contributed by atoms with E-state index in [0.717, 1.165) is 6.42 Å². The standard InChI is InChI=1S/C23H32N4O4S/c1-15(2)16(3)24-22(28)17-10-13-26(14-11-17)23(29)19-8-6-12-27(19)21-18-7-4-5-9-20(18)32(30,31)25-21/h4-5,7,9,15-17,19H,6,8,10-14H2,1-3H3,(H,24,28)/t16?,19-/m0/s1. The maximum Gasteiger partial charge on any atom is 0.285 e. The van der Waals surface area contributed by atoms with Gasteiger partial charge in [0.25, 0.3) is 10.0 Å². The molecule has 0 bridgehead atoms. The largest absolute Gasteiger partial charge is 0.353 e. The number of hydrogen-bond acceptors (Lipinski definition) is 5. The average Bonchev–Trinajstić information content (AvgIpc) is 3.36. The molecule has 2 saturated heterocycles. The molecule has 0 radical (unpaired) electrons. The smallest absolute Gasteiger partial charge is 0.285 e. The van der Waals surface area contributed by atoms with Gasteiger partial charge in [0.05, 0.1) is 0 Å². The van der Waals surface area contributed by atoms with Crippen LogP contribution in [0.2, 0.25) is 0 Å². The van der Waals surface area contributed by atoms with Gasteiger partial charge in [0, 0.05) is 37.2 Å². The van der Waals surface area contributed by atoms with Crippen molar-refractivity contribution in [3.05, 3.63) is 29.8 Å². The fraction of sp³-hybridized carbons (Fsp3) is 0.609. The Bertz CT molecular complexity index is 1030. The lowest BCUT2D eigenvalue weighted by molar-refractivity contribution is -0.138. The lowest BCUT2D eigenvalue weighted by atomic mass is 9.94. The van der Waals surface area contributed by atoms with Gasteiger partial charge in [-0.15, -0.1) is 4.40 Å². The Labute approximate surface area is 190 Å². The molecule has 174 valence electrons. The summed E-state index contributed by atoms with van der Waals surface area (Å²) in [5.74, 6) is 0.760. The van der Waals surface area contributed by atoms with Gasteiger partial charge in [0.1, 0.15) is 10.9 Å². The fourth-order valence-corrected chi connectivity index (χ4v) is 5.87. The van der Waals surface area contributed by atoms with Crippen molar-refractivity contribution in [2.45, 2.75) is 63.4 Å². The predicted molar refractivity (Wildman–Crippen MR) is 122 cm³/mol. The number of benzene rings is 1. The number of sulfonamides is 1. The van der Waals surface area contributed by atoms with Crippen LogP contribution >= 0.6 is 0 Å². The van der Waals surface area contributed by atoms with Crippen molar-refractivity contribution in [2.75, 3.05) is 19.6 Å². The molecule has 2 fully saturated rings. The fourth-order valence-electron chi connectivity index (χ4n) is 4.65. The van der Waals surface area contributed by atoms with E-state index >= 15 is 0 Å². The molecule has 4 rings (SSSR count). The summed E-state index contributed by atoms with van der Waals surface area (Å²) in [4.78, 5) is 29.8. The minimum Gasteiger partial charge on any atom is -0.353 e. The van der Waals surface area contributed by atoms with E-state index in [1.54, 1.807) is 24.3 Å². The molecule has 0 aliphatic carbocycles. The van der Waals surface area contributed by atoms with Crippen molar-refractivity contribution in [3.8, 4) is 0 Å². The molecule has 2 amide bonds. The summed E-state index contributed by atoms with van der Waals surface area (Å²) in [6.07, 6.45) is 2.77. The lowest BCUT2D eigenvalue weighted by Crippen LogP contribution is -2.51. The summed E-state index contributed by atoms with van der Waals surface area (Å²) < 4.78 is 29.0. The first-order valence-electron chi connectivity index (χ1n) is 11.5. The number of nitrogens with one attached hydrogen (secondary N) is 1. The Morgan fingerprint density at radius 2 is 1.75 bits per heavy atom. The Balaban J connectivity index is 1.42. The number of rotatable bonds is 4. The molecule has 2 atom stereocenters. The number of nitrogens with zero attached hydrogens (tertiary/aromatic N) is 3. The first kappa shape index (κ1) is 22.8. The van der Waals surface area contributed by atoms with Gasteiger partial charge in [0.15, 0.2) is 5.84 Å². The Kier molecular flexibility index (Phi) is 6.29. The molecule has 3 aliphatic rings. The van der Waals surface area contributed by atoms with E-state index in [2.05, 4.69) is 23.6 Å². The monoisotopic (exact) mass is 460 g/mol. The van der Waals surface area contributed by atoms with Crippen LogP contribution in [0, 0.1) is 11.8 Å². The van der Waals surface area contributed by atoms with Gasteiger partial charge < -0.3 is 15.1 Å². The molecule has 32 heavy (non-hydrogen) atoms. The van der Waals surface area contributed by atoms with Gasteiger partial charge in [0.2, 0.25) is 11.8 Å². The summed E-state index contributed by atoms with van der Waals surface area (Å²) in [7, 11) is -3.72. The van der Waals surface area contributed by atoms with Crippen molar-refractivity contribution in [1.29, 1.82) is 0 Å². The minimum atomic E-state index is -3.72. The van der Waals surface area contributed by atoms with E-state index in [4.69, 9.17) is 0 Å². The van der Waals surface area contributed by atoms with Crippen LogP contribution in [0.5, 0.6) is 0 Å². The first-order valence-corrected chi connectivity index (χ1v) is 12.9. The molecule has 1 N–H and O–H groups in total. The Morgan fingerprint density at radius 3 is 2.44 bits per heavy atom. The van der Waals surface area contributed by atoms with Crippen LogP contribution in [0.1, 0.15) is 52.0 Å². The SMILES string of the molecule is CC(C)C(C)NC(=O)C1CCN(C(=O)[C@@H]2CCCN2C2=NS(=O)(=O)c3ccccc32)CC1. The molecule has 0 saturated carbocycles. The van der Waals surface area contributed by atoms with Gasteiger partial charge in [-0.3, -0.25) is 9.59 Å². The highest BCUT2D eigenvalue weighted by Crippen LogP contribution is 2.32. The van der Waals surface area contributed by atoms with E-state index in [1.807, 2.05) is 16.7 Å². The second-order valence-electron chi connectivity index (χ2n) is 9.38. The molecule has 3 heterocycles. The van der Waals surface area contributed by atoms with E-state index < -0.39 is 16.1 Å². The van der Waals surface area contributed by atoms with Crippen LogP contribution in [0.25, 0.3) is 0 Å². The maximum absolute atomic E-state index is 13.4. The topological polar surface area (TPSA) is 99.2 Å². The van der Waals surface area contributed by atoms with Crippen LogP contribution in [-0.2, 0) is 19.6 Å². The van der Waals surface area contributed by atoms with Crippen molar-refractivity contribution < 1.29 is 18.0 Å². The van der Waals surface area contributed by atoms with Gasteiger partial charge in [-0.25, -0.2) is 0 Å². The van der Waals surface area contributed by atoms with Crippen molar-refractivity contribution in [2.24, 2.45) is 16.2 Å². The molecule has 0 aromatic heterocycles. The number of piperidine rings is 1. The van der Waals surface area contributed by atoms with E-state index in [0.29, 0.717) is 56.2 Å². The molecule has 9 heteroatoms. The number of amides is 2. The number of hydrogen-bond donors (Lipinski definition) is 1. The zero-order chi connectivity index (χ0) is 23.0. The predicted octanol–water partition coefficient (Wildman–Crippen LogP) is 2.00. The molecule has 1 aromatic rings. The minimum absolute atomic E-state index is 0.00128. The summed E-state index contributed by atoms with van der Waals surface area (Å²) >= 11 is 0. The van der Waals surface area contributed by atoms with Gasteiger partial charge in [-0.05, 0) is 50.7 Å². The highest BCUT2D eigenvalue weighted by atomic mass is 32.2. The first-order chi connectivity index (χ1) is 15.2. The van der Waals surface area contributed by atoms with Crippen molar-refractivity contribution in [1.82, 2.24) is 15.1 Å². The third-order valence-corrected chi connectivity index (χ3v) is 8.29. The lowest BCUT2D eigenvalue weighted by Gasteiger charge is -2.36. The van der Waals surface area contributed by atoms with Crippen LogP contribution < -0.4 is 5.32 Å². The molecule has 3 aliphatic heterocycles. The highest BCUT2D eigenvalue weighted by molar-refractivity contribution is 7.90. The number of carbonyl (C=O) groups excluding carboxylic acids is 2. The quantitative estimate of drug-likeness (QED) is 0.741. The highest BCUT2D eigenvalue weighted by Gasteiger charge is 2.41. The van der Waals surface area contributed by atoms with Gasteiger partial charge in [-0.1, -0.05) is 26.0 Å². The molecule has 1 unspecified atom stereocenters. The van der Waals surface area contributed by atoms with Crippen LogP contribution in [0.3, 0.4) is 0 Å². The second-order valence-corrected chi connectivity index (χ2v) is 11.0. The van der Waals surface area contributed by atoms with Crippen LogP contribution in [-0.4, -0.2) is 67.6 Å². The Morgan fingerprint density at radius 1 is 1.06 bits per heavy atom. The zero-order valence-corrected chi connectivity index (χ0v) is 19.8. The number of carbonyl (C=O) groups is 2. The van der Waals surface area contributed by atoms with Crippen LogP contribution in [0.15, 0.2) is 33.6 Å². The van der Waals surface area contributed by atoms with Gasteiger partial charge >= 0.3 is 0 Å². The van der Waals surface area contributed by atoms with Crippen molar-refractivity contribution in [3.63, 3.8) is 0 Å². The second kappa shape index (κ2) is 8.84. The van der Waals surface area contributed by atoms with E-state index in [1.165, 1.54) is 0 Å².